The Bertz CT molecular complexity index is 635. The van der Waals surface area contributed by atoms with Crippen molar-refractivity contribution in [1.82, 2.24) is 0 Å². The largest absolute Gasteiger partial charge is 0.462 e. The van der Waals surface area contributed by atoms with Crippen LogP contribution in [0.5, 0.6) is 0 Å². The van der Waals surface area contributed by atoms with Gasteiger partial charge in [0.05, 0.1) is 0 Å². The molecule has 3 heteroatoms. The minimum Gasteiger partial charge on any atom is -0.462 e. The first kappa shape index (κ1) is 17.3. The number of carbonyl (C=O) groups is 2. The van der Waals surface area contributed by atoms with Crippen LogP contribution < -0.4 is 0 Å². The van der Waals surface area contributed by atoms with Crippen LogP contribution in [0.4, 0.5) is 0 Å². The maximum absolute atomic E-state index is 12.1. The average Bonchev–Trinajstić information content (AvgIpc) is 2.85. The number of fused-ring (bicyclic) bond motifs is 5. The van der Waals surface area contributed by atoms with Gasteiger partial charge >= 0.3 is 5.97 Å². The maximum atomic E-state index is 12.1. The van der Waals surface area contributed by atoms with Crippen LogP contribution in [0, 0.1) is 34.5 Å². The molecule has 0 aromatic rings. The van der Waals surface area contributed by atoms with Gasteiger partial charge in [-0.25, -0.2) is 0 Å². The Morgan fingerprint density at radius 1 is 1.12 bits per heavy atom. The molecule has 0 aromatic heterocycles. The van der Waals surface area contributed by atoms with Gasteiger partial charge in [0.25, 0.3) is 0 Å². The van der Waals surface area contributed by atoms with Gasteiger partial charge in [-0.1, -0.05) is 19.4 Å². The SMILES string of the molecule is CC(=O)O[C@H]1CC[C@H]2[C@@H]3CC[C@H]4CC(=O)C=C(C)[C@]4(C)[C@H]3CC[C@]12C. The molecule has 25 heavy (non-hydrogen) atoms. The summed E-state index contributed by atoms with van der Waals surface area (Å²) in [6.07, 6.45) is 9.79. The summed E-state index contributed by atoms with van der Waals surface area (Å²) in [6.45, 7) is 8.54. The summed E-state index contributed by atoms with van der Waals surface area (Å²) in [5, 5.41) is 0. The van der Waals surface area contributed by atoms with Crippen molar-refractivity contribution < 1.29 is 14.3 Å². The number of esters is 1. The molecule has 7 atom stereocenters. The number of rotatable bonds is 1. The predicted molar refractivity (Wildman–Crippen MR) is 96.8 cm³/mol. The molecule has 0 unspecified atom stereocenters. The molecule has 4 aliphatic carbocycles. The molecule has 0 spiro atoms. The van der Waals surface area contributed by atoms with Crippen molar-refractivity contribution in [2.24, 2.45) is 34.5 Å². The van der Waals surface area contributed by atoms with E-state index in [1.807, 2.05) is 6.08 Å². The molecule has 3 nitrogen and oxygen atoms in total. The summed E-state index contributed by atoms with van der Waals surface area (Å²) < 4.78 is 5.74. The maximum Gasteiger partial charge on any atom is 0.302 e. The smallest absolute Gasteiger partial charge is 0.302 e. The Kier molecular flexibility index (Phi) is 3.94. The van der Waals surface area contributed by atoms with E-state index in [-0.39, 0.29) is 22.9 Å². The van der Waals surface area contributed by atoms with Crippen molar-refractivity contribution in [1.29, 1.82) is 0 Å². The van der Waals surface area contributed by atoms with Gasteiger partial charge in [0, 0.05) is 18.8 Å². The molecule has 3 fully saturated rings. The number of hydrogen-bond acceptors (Lipinski definition) is 3. The van der Waals surface area contributed by atoms with E-state index in [9.17, 15) is 9.59 Å². The van der Waals surface area contributed by atoms with Crippen molar-refractivity contribution in [3.8, 4) is 0 Å². The summed E-state index contributed by atoms with van der Waals surface area (Å²) in [7, 11) is 0. The molecule has 4 aliphatic rings. The fraction of sp³-hybridized carbons (Fsp3) is 0.818. The fourth-order valence-electron chi connectivity index (χ4n) is 7.40. The van der Waals surface area contributed by atoms with Crippen LogP contribution in [0.1, 0.15) is 72.6 Å². The quantitative estimate of drug-likeness (QED) is 0.648. The zero-order chi connectivity index (χ0) is 18.0. The predicted octanol–water partition coefficient (Wildman–Crippen LogP) is 4.70. The minimum absolute atomic E-state index is 0.103. The molecular weight excluding hydrogens is 312 g/mol. The van der Waals surface area contributed by atoms with Crippen LogP contribution >= 0.6 is 0 Å². The Labute approximate surface area is 151 Å². The van der Waals surface area contributed by atoms with Gasteiger partial charge in [-0.3, -0.25) is 9.59 Å². The van der Waals surface area contributed by atoms with E-state index in [1.54, 1.807) is 6.92 Å². The molecule has 0 N–H and O–H groups in total. The lowest BCUT2D eigenvalue weighted by molar-refractivity contribution is -0.158. The Morgan fingerprint density at radius 3 is 2.60 bits per heavy atom. The monoisotopic (exact) mass is 344 g/mol. The zero-order valence-corrected chi connectivity index (χ0v) is 16.1. The normalized spacial score (nSPS) is 48.9. The molecule has 4 rings (SSSR count). The Hall–Kier alpha value is -1.12. The molecule has 0 radical (unpaired) electrons. The summed E-state index contributed by atoms with van der Waals surface area (Å²) >= 11 is 0. The fourth-order valence-corrected chi connectivity index (χ4v) is 7.40. The van der Waals surface area contributed by atoms with Gasteiger partial charge in [0.2, 0.25) is 0 Å². The molecular formula is C22H32O3. The minimum atomic E-state index is -0.130. The third kappa shape index (κ3) is 2.37. The van der Waals surface area contributed by atoms with Crippen molar-refractivity contribution in [2.45, 2.75) is 78.7 Å². The van der Waals surface area contributed by atoms with Gasteiger partial charge in [0.15, 0.2) is 5.78 Å². The molecule has 0 amide bonds. The van der Waals surface area contributed by atoms with Crippen LogP contribution in [0.25, 0.3) is 0 Å². The summed E-state index contributed by atoms with van der Waals surface area (Å²) in [5.74, 6) is 2.80. The van der Waals surface area contributed by atoms with E-state index < -0.39 is 0 Å². The second-order valence-electron chi connectivity index (χ2n) is 9.65. The van der Waals surface area contributed by atoms with E-state index in [2.05, 4.69) is 20.8 Å². The van der Waals surface area contributed by atoms with Crippen LogP contribution in [-0.2, 0) is 14.3 Å². The topological polar surface area (TPSA) is 43.4 Å². The third-order valence-corrected chi connectivity index (χ3v) is 8.80. The molecule has 3 saturated carbocycles. The molecule has 0 aliphatic heterocycles. The Morgan fingerprint density at radius 2 is 1.88 bits per heavy atom. The lowest BCUT2D eigenvalue weighted by atomic mass is 9.45. The van der Waals surface area contributed by atoms with Crippen LogP contribution in [-0.4, -0.2) is 17.9 Å². The van der Waals surface area contributed by atoms with Crippen molar-refractivity contribution in [3.05, 3.63) is 11.6 Å². The van der Waals surface area contributed by atoms with Crippen LogP contribution in [0.3, 0.4) is 0 Å². The van der Waals surface area contributed by atoms with Gasteiger partial charge in [-0.2, -0.15) is 0 Å². The van der Waals surface area contributed by atoms with Crippen LogP contribution in [0.15, 0.2) is 11.6 Å². The summed E-state index contributed by atoms with van der Waals surface area (Å²) in [4.78, 5) is 23.6. The van der Waals surface area contributed by atoms with E-state index in [4.69, 9.17) is 4.74 Å². The van der Waals surface area contributed by atoms with Crippen molar-refractivity contribution in [3.63, 3.8) is 0 Å². The van der Waals surface area contributed by atoms with E-state index in [0.717, 1.165) is 25.2 Å². The standard InChI is InChI=1S/C22H32O3/c1-13-11-16(24)12-15-5-6-17-18-7-8-20(25-14(2)23)21(18,3)10-9-19(17)22(13,15)4/h11,15,17-20H,5-10,12H2,1-4H3/t15-,17-,18-,19-,20-,21-,22-/m0/s1. The zero-order valence-electron chi connectivity index (χ0n) is 16.1. The second-order valence-corrected chi connectivity index (χ2v) is 9.65. The van der Waals surface area contributed by atoms with Gasteiger partial charge in [0.1, 0.15) is 6.10 Å². The molecule has 138 valence electrons. The van der Waals surface area contributed by atoms with E-state index >= 15 is 0 Å². The van der Waals surface area contributed by atoms with E-state index in [0.29, 0.717) is 23.5 Å². The highest BCUT2D eigenvalue weighted by molar-refractivity contribution is 5.91. The highest BCUT2D eigenvalue weighted by Gasteiger charge is 2.61. The van der Waals surface area contributed by atoms with Crippen LogP contribution in [0.2, 0.25) is 0 Å². The summed E-state index contributed by atoms with van der Waals surface area (Å²) in [5.41, 5.74) is 1.66. The lowest BCUT2D eigenvalue weighted by Gasteiger charge is -2.60. The van der Waals surface area contributed by atoms with Gasteiger partial charge < -0.3 is 4.74 Å². The molecule has 0 aromatic carbocycles. The summed E-state index contributed by atoms with van der Waals surface area (Å²) in [6, 6.07) is 0. The number of hydrogen-bond donors (Lipinski definition) is 0. The molecule has 0 heterocycles. The molecule has 0 saturated heterocycles. The number of allylic oxidation sites excluding steroid dienone is 2. The highest BCUT2D eigenvalue weighted by atomic mass is 16.5. The first-order valence-electron chi connectivity index (χ1n) is 10.2. The molecule has 0 bridgehead atoms. The van der Waals surface area contributed by atoms with Gasteiger partial charge in [-0.05, 0) is 80.6 Å². The third-order valence-electron chi connectivity index (χ3n) is 8.80. The lowest BCUT2D eigenvalue weighted by Crippen LogP contribution is -2.54. The first-order chi connectivity index (χ1) is 11.8. The van der Waals surface area contributed by atoms with Gasteiger partial charge in [-0.15, -0.1) is 0 Å². The first-order valence-corrected chi connectivity index (χ1v) is 10.2. The average molecular weight is 344 g/mol. The number of carbonyl (C=O) groups excluding carboxylic acids is 2. The van der Waals surface area contributed by atoms with E-state index in [1.165, 1.54) is 31.3 Å². The Balaban J connectivity index is 1.65. The van der Waals surface area contributed by atoms with Crippen molar-refractivity contribution >= 4 is 11.8 Å². The van der Waals surface area contributed by atoms with Crippen molar-refractivity contribution in [2.75, 3.05) is 0 Å². The number of ether oxygens (including phenoxy) is 1. The number of ketones is 1. The highest BCUT2D eigenvalue weighted by Crippen LogP contribution is 2.66. The second kappa shape index (κ2) is 5.69.